The first-order valence-corrected chi connectivity index (χ1v) is 10.2. The van der Waals surface area contributed by atoms with Gasteiger partial charge in [-0.1, -0.05) is 36.7 Å². The Morgan fingerprint density at radius 2 is 1.78 bits per heavy atom. The lowest BCUT2D eigenvalue weighted by Gasteiger charge is -2.37. The van der Waals surface area contributed by atoms with Gasteiger partial charge in [0.25, 0.3) is 8.32 Å². The minimum absolute atomic E-state index is 0.0969. The Morgan fingerprint density at radius 3 is 2.22 bits per heavy atom. The second-order valence-electron chi connectivity index (χ2n) is 5.79. The third-order valence-electron chi connectivity index (χ3n) is 3.33. The molecule has 0 aliphatic carbocycles. The quantitative estimate of drug-likeness (QED) is 0.507. The summed E-state index contributed by atoms with van der Waals surface area (Å²) in [6.45, 7) is 10.8. The van der Waals surface area contributed by atoms with E-state index in [1.165, 1.54) is 0 Å². The Balaban J connectivity index is 3.23. The van der Waals surface area contributed by atoms with Crippen molar-refractivity contribution in [2.45, 2.75) is 38.9 Å². The molecule has 0 fully saturated rings. The highest BCUT2D eigenvalue weighted by Gasteiger charge is 2.39. The van der Waals surface area contributed by atoms with E-state index in [1.807, 2.05) is 6.07 Å². The van der Waals surface area contributed by atoms with Gasteiger partial charge in [-0.15, -0.1) is 0 Å². The van der Waals surface area contributed by atoms with Gasteiger partial charge in [0.15, 0.2) is 6.29 Å². The number of aldehydes is 1. The zero-order valence-electron chi connectivity index (χ0n) is 11.3. The van der Waals surface area contributed by atoms with Gasteiger partial charge < -0.3 is 4.43 Å². The van der Waals surface area contributed by atoms with Crippen LogP contribution in [0.2, 0.25) is 18.1 Å². The van der Waals surface area contributed by atoms with E-state index in [-0.39, 0.29) is 5.04 Å². The fourth-order valence-corrected chi connectivity index (χ4v) is 3.72. The molecule has 5 heteroatoms. The second kappa shape index (κ2) is 5.47. The number of benzene rings is 1. The molecule has 0 heterocycles. The predicted molar refractivity (Wildman–Crippen MR) is 85.1 cm³/mol. The number of carbonyl (C=O) groups excluding carboxylic acids is 1. The van der Waals surface area contributed by atoms with Gasteiger partial charge >= 0.3 is 0 Å². The summed E-state index contributed by atoms with van der Waals surface area (Å²) in [7, 11) is -1.95. The van der Waals surface area contributed by atoms with Crippen LogP contribution < -0.4 is 4.43 Å². The van der Waals surface area contributed by atoms with Crippen molar-refractivity contribution < 1.29 is 9.22 Å². The van der Waals surface area contributed by atoms with Crippen molar-refractivity contribution in [1.82, 2.24) is 0 Å². The maximum Gasteiger partial charge on any atom is 0.250 e. The highest BCUT2D eigenvalue weighted by atomic mass is 79.9. The average molecular weight is 394 g/mol. The normalized spacial score (nSPS) is 12.4. The lowest BCUT2D eigenvalue weighted by molar-refractivity contribution is 0.112. The molecule has 0 radical (unpaired) electrons. The summed E-state index contributed by atoms with van der Waals surface area (Å²) in [5, 5.41) is 0.0969. The molecule has 0 saturated heterocycles. The molecule has 0 atom stereocenters. The van der Waals surface area contributed by atoms with E-state index in [1.54, 1.807) is 6.07 Å². The van der Waals surface area contributed by atoms with Gasteiger partial charge in [0, 0.05) is 4.47 Å². The Labute approximate surface area is 127 Å². The molecule has 0 N–H and O–H groups in total. The molecule has 0 saturated carbocycles. The topological polar surface area (TPSA) is 26.3 Å². The fourth-order valence-electron chi connectivity index (χ4n) is 1.18. The SMILES string of the molecule is CC(C)(C)[Si](C)(C)Oc1c(Br)cc(Br)cc1C=O. The van der Waals surface area contributed by atoms with Crippen LogP contribution in [0.3, 0.4) is 0 Å². The molecule has 0 bridgehead atoms. The largest absolute Gasteiger partial charge is 0.542 e. The Kier molecular flexibility index (Phi) is 4.84. The molecular weight excluding hydrogens is 376 g/mol. The molecule has 18 heavy (non-hydrogen) atoms. The van der Waals surface area contributed by atoms with E-state index in [2.05, 4.69) is 65.7 Å². The van der Waals surface area contributed by atoms with Crippen LogP contribution in [0.15, 0.2) is 21.1 Å². The highest BCUT2D eigenvalue weighted by Crippen LogP contribution is 2.41. The summed E-state index contributed by atoms with van der Waals surface area (Å²) >= 11 is 6.84. The highest BCUT2D eigenvalue weighted by molar-refractivity contribution is 9.11. The first-order valence-electron chi connectivity index (χ1n) is 5.72. The van der Waals surface area contributed by atoms with E-state index < -0.39 is 8.32 Å². The molecule has 2 nitrogen and oxygen atoms in total. The van der Waals surface area contributed by atoms with Crippen LogP contribution in [0.1, 0.15) is 31.1 Å². The van der Waals surface area contributed by atoms with E-state index in [9.17, 15) is 4.79 Å². The molecule has 0 unspecified atom stereocenters. The van der Waals surface area contributed by atoms with Gasteiger partial charge in [-0.25, -0.2) is 0 Å². The second-order valence-corrected chi connectivity index (χ2v) is 12.3. The zero-order valence-corrected chi connectivity index (χ0v) is 15.5. The van der Waals surface area contributed by atoms with Crippen LogP contribution >= 0.6 is 31.9 Å². The van der Waals surface area contributed by atoms with Crippen molar-refractivity contribution in [3.63, 3.8) is 0 Å². The van der Waals surface area contributed by atoms with Crippen molar-refractivity contribution in [2.24, 2.45) is 0 Å². The molecule has 0 aliphatic rings. The number of rotatable bonds is 3. The summed E-state index contributed by atoms with van der Waals surface area (Å²) in [6, 6.07) is 3.68. The van der Waals surface area contributed by atoms with Crippen LogP contribution in [0.4, 0.5) is 0 Å². The summed E-state index contributed by atoms with van der Waals surface area (Å²) in [5.41, 5.74) is 0.570. The molecule has 100 valence electrons. The van der Waals surface area contributed by atoms with Crippen molar-refractivity contribution in [1.29, 1.82) is 0 Å². The van der Waals surface area contributed by atoms with Crippen LogP contribution in [0, 0.1) is 0 Å². The molecule has 0 spiro atoms. The molecule has 0 aromatic heterocycles. The summed E-state index contributed by atoms with van der Waals surface area (Å²) in [5.74, 6) is 0.653. The number of hydrogen-bond donors (Lipinski definition) is 0. The van der Waals surface area contributed by atoms with Crippen LogP contribution in [0.25, 0.3) is 0 Å². The standard InChI is InChI=1S/C13H18Br2O2Si/c1-13(2,3)18(4,5)17-12-9(8-16)6-10(14)7-11(12)15/h6-8H,1-5H3. The molecular formula is C13H18Br2O2Si. The molecule has 0 amide bonds. The van der Waals surface area contributed by atoms with Crippen LogP contribution in [-0.2, 0) is 0 Å². The van der Waals surface area contributed by atoms with Crippen LogP contribution in [-0.4, -0.2) is 14.6 Å². The number of halogens is 2. The third kappa shape index (κ3) is 3.45. The maximum atomic E-state index is 11.2. The number of carbonyl (C=O) groups is 1. The van der Waals surface area contributed by atoms with E-state index in [0.29, 0.717) is 11.3 Å². The van der Waals surface area contributed by atoms with Gasteiger partial charge in [0.2, 0.25) is 0 Å². The van der Waals surface area contributed by atoms with Gasteiger partial charge in [0.1, 0.15) is 5.75 Å². The lowest BCUT2D eigenvalue weighted by Crippen LogP contribution is -2.44. The van der Waals surface area contributed by atoms with E-state index in [4.69, 9.17) is 4.43 Å². The third-order valence-corrected chi connectivity index (χ3v) is 8.70. The average Bonchev–Trinajstić information content (AvgIpc) is 2.19. The monoisotopic (exact) mass is 392 g/mol. The molecule has 1 aromatic carbocycles. The van der Waals surface area contributed by atoms with Crippen LogP contribution in [0.5, 0.6) is 5.75 Å². The van der Waals surface area contributed by atoms with E-state index in [0.717, 1.165) is 15.2 Å². The minimum atomic E-state index is -1.95. The van der Waals surface area contributed by atoms with Crippen molar-refractivity contribution >= 4 is 46.5 Å². The Bertz CT molecular complexity index is 465. The summed E-state index contributed by atoms with van der Waals surface area (Å²) in [4.78, 5) is 11.2. The molecule has 1 aromatic rings. The predicted octanol–water partition coefficient (Wildman–Crippen LogP) is 5.41. The van der Waals surface area contributed by atoms with Crippen molar-refractivity contribution in [3.05, 3.63) is 26.6 Å². The summed E-state index contributed by atoms with van der Waals surface area (Å²) < 4.78 is 7.88. The Morgan fingerprint density at radius 1 is 1.22 bits per heavy atom. The molecule has 1 rings (SSSR count). The summed E-state index contributed by atoms with van der Waals surface area (Å²) in [6.07, 6.45) is 0.831. The van der Waals surface area contributed by atoms with Gasteiger partial charge in [-0.05, 0) is 46.2 Å². The first kappa shape index (κ1) is 15.9. The molecule has 0 aliphatic heterocycles. The van der Waals surface area contributed by atoms with Crippen molar-refractivity contribution in [2.75, 3.05) is 0 Å². The smallest absolute Gasteiger partial charge is 0.250 e. The lowest BCUT2D eigenvalue weighted by atomic mass is 10.2. The van der Waals surface area contributed by atoms with Crippen molar-refractivity contribution in [3.8, 4) is 5.75 Å². The minimum Gasteiger partial charge on any atom is -0.542 e. The van der Waals surface area contributed by atoms with E-state index >= 15 is 0 Å². The maximum absolute atomic E-state index is 11.2. The van der Waals surface area contributed by atoms with Gasteiger partial charge in [-0.2, -0.15) is 0 Å². The van der Waals surface area contributed by atoms with Gasteiger partial charge in [-0.3, -0.25) is 4.79 Å². The Hall–Kier alpha value is -0.133. The van der Waals surface area contributed by atoms with Gasteiger partial charge in [0.05, 0.1) is 10.0 Å². The first-order chi connectivity index (χ1) is 8.08. The fraction of sp³-hybridized carbons (Fsp3) is 0.462. The zero-order chi connectivity index (χ0) is 14.1. The number of hydrogen-bond acceptors (Lipinski definition) is 2.